The van der Waals surface area contributed by atoms with Crippen molar-refractivity contribution in [2.75, 3.05) is 0 Å². The van der Waals surface area contributed by atoms with Crippen LogP contribution in [-0.4, -0.2) is 28.6 Å². The number of rotatable bonds is 6. The Morgan fingerprint density at radius 1 is 1.50 bits per heavy atom. The van der Waals surface area contributed by atoms with E-state index in [9.17, 15) is 9.90 Å². The van der Waals surface area contributed by atoms with E-state index in [0.717, 1.165) is 25.7 Å². The predicted molar refractivity (Wildman–Crippen MR) is 59.9 cm³/mol. The van der Waals surface area contributed by atoms with Crippen molar-refractivity contribution in [3.05, 3.63) is 0 Å². The molecular formula is C12H22O4. The van der Waals surface area contributed by atoms with Crippen molar-refractivity contribution in [2.24, 2.45) is 11.8 Å². The Balaban J connectivity index is 2.63. The lowest BCUT2D eigenvalue weighted by molar-refractivity contribution is -0.146. The number of carboxylic acid groups (broad SMARTS) is 1. The topological polar surface area (TPSA) is 66.8 Å². The molecular weight excluding hydrogens is 208 g/mol. The van der Waals surface area contributed by atoms with Crippen molar-refractivity contribution in [1.82, 2.24) is 0 Å². The molecule has 1 aliphatic heterocycles. The second kappa shape index (κ2) is 6.21. The van der Waals surface area contributed by atoms with E-state index >= 15 is 0 Å². The predicted octanol–water partition coefficient (Wildman–Crippen LogP) is 2.01. The molecule has 0 spiro atoms. The summed E-state index contributed by atoms with van der Waals surface area (Å²) in [6.07, 6.45) is 3.08. The lowest BCUT2D eigenvalue weighted by atomic mass is 9.85. The Morgan fingerprint density at radius 3 is 2.69 bits per heavy atom. The first-order valence-electron chi connectivity index (χ1n) is 6.16. The minimum absolute atomic E-state index is 0.225. The molecule has 4 heteroatoms. The fourth-order valence-corrected chi connectivity index (χ4v) is 2.43. The highest BCUT2D eigenvalue weighted by atomic mass is 16.6. The van der Waals surface area contributed by atoms with E-state index in [1.54, 1.807) is 0 Å². The van der Waals surface area contributed by atoms with Crippen molar-refractivity contribution in [3.63, 3.8) is 0 Å². The molecule has 0 aromatic rings. The van der Waals surface area contributed by atoms with Crippen LogP contribution in [0.4, 0.5) is 0 Å². The molecule has 1 fully saturated rings. The van der Waals surface area contributed by atoms with Gasteiger partial charge in [0.2, 0.25) is 0 Å². The molecule has 0 aromatic carbocycles. The largest absolute Gasteiger partial charge is 0.481 e. The zero-order valence-corrected chi connectivity index (χ0v) is 10.1. The molecule has 2 N–H and O–H groups in total. The minimum Gasteiger partial charge on any atom is -0.481 e. The zero-order chi connectivity index (χ0) is 12.1. The fourth-order valence-electron chi connectivity index (χ4n) is 2.43. The highest BCUT2D eigenvalue weighted by Crippen LogP contribution is 2.34. The number of carbonyl (C=O) groups is 1. The van der Waals surface area contributed by atoms with Gasteiger partial charge in [0.25, 0.3) is 0 Å². The number of hydrogen-bond donors (Lipinski definition) is 2. The van der Waals surface area contributed by atoms with E-state index in [4.69, 9.17) is 9.84 Å². The van der Waals surface area contributed by atoms with Crippen LogP contribution in [-0.2, 0) is 9.53 Å². The van der Waals surface area contributed by atoms with Crippen molar-refractivity contribution < 1.29 is 19.7 Å². The summed E-state index contributed by atoms with van der Waals surface area (Å²) in [5.41, 5.74) is 0. The molecule has 4 unspecified atom stereocenters. The molecule has 1 rings (SSSR count). The molecule has 16 heavy (non-hydrogen) atoms. The lowest BCUT2D eigenvalue weighted by Crippen LogP contribution is -2.31. The maximum Gasteiger partial charge on any atom is 0.309 e. The van der Waals surface area contributed by atoms with Crippen molar-refractivity contribution in [2.45, 2.75) is 58.3 Å². The van der Waals surface area contributed by atoms with Crippen LogP contribution in [0.25, 0.3) is 0 Å². The molecule has 94 valence electrons. The highest BCUT2D eigenvalue weighted by Gasteiger charge is 2.42. The third kappa shape index (κ3) is 3.19. The van der Waals surface area contributed by atoms with Gasteiger partial charge in [0.15, 0.2) is 6.29 Å². The number of aliphatic carboxylic acids is 1. The second-order valence-corrected chi connectivity index (χ2v) is 4.55. The molecule has 0 aromatic heterocycles. The molecule has 0 bridgehead atoms. The quantitative estimate of drug-likeness (QED) is 0.732. The van der Waals surface area contributed by atoms with E-state index in [2.05, 4.69) is 6.92 Å². The smallest absolute Gasteiger partial charge is 0.309 e. The van der Waals surface area contributed by atoms with Gasteiger partial charge in [-0.05, 0) is 12.3 Å². The maximum absolute atomic E-state index is 11.1. The summed E-state index contributed by atoms with van der Waals surface area (Å²) >= 11 is 0. The Kier molecular flexibility index (Phi) is 5.22. The van der Waals surface area contributed by atoms with Gasteiger partial charge in [0.05, 0.1) is 12.0 Å². The van der Waals surface area contributed by atoms with E-state index in [-0.39, 0.29) is 18.4 Å². The lowest BCUT2D eigenvalue weighted by Gasteiger charge is -2.24. The molecule has 4 nitrogen and oxygen atoms in total. The van der Waals surface area contributed by atoms with E-state index < -0.39 is 18.2 Å². The van der Waals surface area contributed by atoms with Gasteiger partial charge in [-0.2, -0.15) is 0 Å². The van der Waals surface area contributed by atoms with Gasteiger partial charge < -0.3 is 14.9 Å². The first-order valence-corrected chi connectivity index (χ1v) is 6.16. The molecule has 0 amide bonds. The van der Waals surface area contributed by atoms with Gasteiger partial charge in [-0.3, -0.25) is 4.79 Å². The third-order valence-corrected chi connectivity index (χ3v) is 3.40. The Morgan fingerprint density at radius 2 is 2.19 bits per heavy atom. The van der Waals surface area contributed by atoms with Crippen LogP contribution in [0, 0.1) is 11.8 Å². The van der Waals surface area contributed by atoms with Crippen molar-refractivity contribution in [1.29, 1.82) is 0 Å². The molecule has 1 heterocycles. The van der Waals surface area contributed by atoms with Crippen LogP contribution < -0.4 is 0 Å². The van der Waals surface area contributed by atoms with Gasteiger partial charge in [-0.1, -0.05) is 33.1 Å². The van der Waals surface area contributed by atoms with Crippen LogP contribution in [0.3, 0.4) is 0 Å². The van der Waals surface area contributed by atoms with Gasteiger partial charge >= 0.3 is 5.97 Å². The van der Waals surface area contributed by atoms with Crippen LogP contribution >= 0.6 is 0 Å². The second-order valence-electron chi connectivity index (χ2n) is 4.55. The summed E-state index contributed by atoms with van der Waals surface area (Å²) in [5.74, 6) is -1.15. The maximum atomic E-state index is 11.1. The van der Waals surface area contributed by atoms with E-state index in [1.165, 1.54) is 0 Å². The summed E-state index contributed by atoms with van der Waals surface area (Å²) in [6.45, 7) is 4.17. The summed E-state index contributed by atoms with van der Waals surface area (Å²) < 4.78 is 5.36. The number of unbranched alkanes of at least 4 members (excludes halogenated alkanes) is 1. The van der Waals surface area contributed by atoms with Gasteiger partial charge in [-0.25, -0.2) is 0 Å². The normalized spacial score (nSPS) is 31.6. The SMILES string of the molecule is CCCCC(CC)C1OC(O)CC1C(=O)O. The van der Waals surface area contributed by atoms with Crippen molar-refractivity contribution >= 4 is 5.97 Å². The van der Waals surface area contributed by atoms with Crippen molar-refractivity contribution in [3.8, 4) is 0 Å². The van der Waals surface area contributed by atoms with Crippen LogP contribution in [0.2, 0.25) is 0 Å². The summed E-state index contributed by atoms with van der Waals surface area (Å²) in [7, 11) is 0. The number of carboxylic acids is 1. The highest BCUT2D eigenvalue weighted by molar-refractivity contribution is 5.71. The average Bonchev–Trinajstić information content (AvgIpc) is 2.62. The summed E-state index contributed by atoms with van der Waals surface area (Å²) in [5, 5.41) is 18.5. The van der Waals surface area contributed by atoms with Crippen LogP contribution in [0.5, 0.6) is 0 Å². The Bertz CT molecular complexity index is 229. The molecule has 0 radical (unpaired) electrons. The third-order valence-electron chi connectivity index (χ3n) is 3.40. The van der Waals surface area contributed by atoms with E-state index in [0.29, 0.717) is 0 Å². The molecule has 1 saturated heterocycles. The average molecular weight is 230 g/mol. The van der Waals surface area contributed by atoms with Crippen LogP contribution in [0.15, 0.2) is 0 Å². The molecule has 1 aliphatic rings. The monoisotopic (exact) mass is 230 g/mol. The Labute approximate surface area is 96.6 Å². The molecule has 4 atom stereocenters. The standard InChI is InChI=1S/C12H22O4/c1-3-5-6-8(4-2)11-9(12(14)15)7-10(13)16-11/h8-11,13H,3-7H2,1-2H3,(H,14,15). The Hall–Kier alpha value is -0.610. The van der Waals surface area contributed by atoms with Gasteiger partial charge in [0.1, 0.15) is 0 Å². The zero-order valence-electron chi connectivity index (χ0n) is 10.1. The summed E-state index contributed by atoms with van der Waals surface area (Å²) in [6, 6.07) is 0. The van der Waals surface area contributed by atoms with Gasteiger partial charge in [0, 0.05) is 6.42 Å². The first kappa shape index (κ1) is 13.5. The number of aliphatic hydroxyl groups excluding tert-OH is 1. The molecule has 0 aliphatic carbocycles. The van der Waals surface area contributed by atoms with Gasteiger partial charge in [-0.15, -0.1) is 0 Å². The first-order chi connectivity index (χ1) is 7.60. The van der Waals surface area contributed by atoms with Crippen LogP contribution in [0.1, 0.15) is 46.0 Å². The summed E-state index contributed by atoms with van der Waals surface area (Å²) in [4.78, 5) is 11.1. The minimum atomic E-state index is -0.901. The van der Waals surface area contributed by atoms with E-state index in [1.807, 2.05) is 6.92 Å². The molecule has 0 saturated carbocycles. The number of hydrogen-bond acceptors (Lipinski definition) is 3. The fraction of sp³-hybridized carbons (Fsp3) is 0.917. The number of aliphatic hydroxyl groups is 1. The number of ether oxygens (including phenoxy) is 1.